The molecular weight excluding hydrogens is 825 g/mol. The first-order valence-electron chi connectivity index (χ1n) is 20.5. The molecule has 3 saturated carbocycles. The van der Waals surface area contributed by atoms with Crippen LogP contribution in [0.15, 0.2) is 53.9 Å². The highest BCUT2D eigenvalue weighted by atomic mass is 32.2. The topological polar surface area (TPSA) is 201 Å². The molecule has 2 saturated heterocycles. The van der Waals surface area contributed by atoms with Gasteiger partial charge in [-0.2, -0.15) is 0 Å². The number of amides is 4. The summed E-state index contributed by atoms with van der Waals surface area (Å²) in [6.07, 6.45) is 0.881. The molecule has 1 aromatic heterocycles. The number of para-hydroxylation sites is 1. The molecule has 2 aliphatic heterocycles. The lowest BCUT2D eigenvalue weighted by Gasteiger charge is -2.64. The van der Waals surface area contributed by atoms with Crippen LogP contribution >= 0.6 is 11.3 Å². The van der Waals surface area contributed by atoms with Crippen molar-refractivity contribution >= 4 is 57.4 Å². The number of hydrogen-bond donors (Lipinski definition) is 3. The number of anilines is 1. The summed E-state index contributed by atoms with van der Waals surface area (Å²) in [5.41, 5.74) is 0.304. The lowest BCUT2D eigenvalue weighted by atomic mass is 9.43. The molecule has 16 nitrogen and oxygen atoms in total. The summed E-state index contributed by atoms with van der Waals surface area (Å²) >= 11 is 1.03. The van der Waals surface area contributed by atoms with Crippen LogP contribution in [0.3, 0.4) is 0 Å². The average molecular weight is 880 g/mol. The third-order valence-corrected chi connectivity index (χ3v) is 14.8. The van der Waals surface area contributed by atoms with E-state index in [1.54, 1.807) is 39.0 Å². The largest absolute Gasteiger partial charge is 0.496 e. The molecule has 0 spiro atoms. The molecule has 3 aromatic rings. The van der Waals surface area contributed by atoms with E-state index >= 15 is 0 Å². The molecule has 3 aliphatic carbocycles. The summed E-state index contributed by atoms with van der Waals surface area (Å²) in [7, 11) is -2.80. The Labute approximate surface area is 360 Å². The minimum absolute atomic E-state index is 0.0223. The predicted octanol–water partition coefficient (Wildman–Crippen LogP) is 5.33. The number of methoxy groups -OCH3 is 1. The number of esters is 1. The number of aromatic nitrogens is 1. The van der Waals surface area contributed by atoms with E-state index in [0.717, 1.165) is 29.7 Å². The van der Waals surface area contributed by atoms with Crippen LogP contribution in [0, 0.1) is 17.3 Å². The summed E-state index contributed by atoms with van der Waals surface area (Å²) in [4.78, 5) is 60.5. The van der Waals surface area contributed by atoms with Gasteiger partial charge in [-0.15, -0.1) is 11.3 Å². The van der Waals surface area contributed by atoms with E-state index < -0.39 is 64.1 Å². The summed E-state index contributed by atoms with van der Waals surface area (Å²) in [5.74, 6) is -1.62. The van der Waals surface area contributed by atoms with Crippen molar-refractivity contribution in [2.45, 2.75) is 96.7 Å². The second-order valence-corrected chi connectivity index (χ2v) is 21.1. The average Bonchev–Trinajstić information content (AvgIpc) is 3.82. The number of rotatable bonds is 12. The third kappa shape index (κ3) is 9.69. The van der Waals surface area contributed by atoms with Crippen molar-refractivity contribution < 1.29 is 51.1 Å². The van der Waals surface area contributed by atoms with E-state index in [1.807, 2.05) is 30.3 Å². The van der Waals surface area contributed by atoms with Gasteiger partial charge in [-0.05, 0) is 81.4 Å². The zero-order valence-electron chi connectivity index (χ0n) is 35.5. The monoisotopic (exact) mass is 879 g/mol. The first-order valence-corrected chi connectivity index (χ1v) is 23.2. The molecule has 19 heteroatoms. The molecule has 3 N–H and O–H groups in total. The standard InChI is InChI=1S/C42H54BN5O11S2/c1-40(2,3)57-36(50)28-15-11-14-26(34(28)55-7)20-32(43-58-31-22-27-21-30(41(27,4)5)42(31,6)59-43)45-35(49)33(46-38(51)48-16-18-61(53,54)19-17-48)29-24-60-37(44-29)47-39(52)56-23-25-12-9-8-10-13-25/h8-15,24,27,30-33H,16-23H2,1-7H3,(H,45,49)(H,46,51)(H,44,47,52)/t27?,30?,31?,32-,33?,42-/m0/s1. The molecule has 4 unspecified atom stereocenters. The Morgan fingerprint density at radius 3 is 2.41 bits per heavy atom. The normalized spacial score (nSPS) is 24.6. The van der Waals surface area contributed by atoms with Gasteiger partial charge in [0, 0.05) is 18.5 Å². The Hall–Kier alpha value is -4.72. The van der Waals surface area contributed by atoms with Crippen molar-refractivity contribution in [1.82, 2.24) is 20.5 Å². The van der Waals surface area contributed by atoms with Gasteiger partial charge < -0.3 is 39.1 Å². The number of thiazole rings is 1. The van der Waals surface area contributed by atoms with Gasteiger partial charge in [0.2, 0.25) is 5.91 Å². The van der Waals surface area contributed by atoms with Gasteiger partial charge in [0.25, 0.3) is 0 Å². The van der Waals surface area contributed by atoms with Crippen molar-refractivity contribution in [2.24, 2.45) is 17.3 Å². The highest BCUT2D eigenvalue weighted by Gasteiger charge is 2.68. The SMILES string of the molecule is COc1c(C[C@H](NC(=O)C(NC(=O)N2CCS(=O)(=O)CC2)c2csc(NC(=O)OCc3ccccc3)n2)B2OC3CC4CC(C4(C)C)[C@]3(C)O2)cccc1C(=O)OC(C)(C)C. The number of nitrogens with one attached hydrogen (secondary N) is 3. The van der Waals surface area contributed by atoms with Gasteiger partial charge >= 0.3 is 25.2 Å². The van der Waals surface area contributed by atoms with Crippen molar-refractivity contribution in [1.29, 1.82) is 0 Å². The molecular formula is C42H54BN5O11S2. The van der Waals surface area contributed by atoms with E-state index in [-0.39, 0.29) is 77.2 Å². The minimum atomic E-state index is -3.31. The summed E-state index contributed by atoms with van der Waals surface area (Å²) < 4.78 is 54.8. The number of benzene rings is 2. The van der Waals surface area contributed by atoms with Crippen LogP contribution in [0.1, 0.15) is 87.6 Å². The number of sulfone groups is 1. The number of carbonyl (C=O) groups is 4. The Bertz CT molecular complexity index is 2240. The number of carbonyl (C=O) groups excluding carboxylic acids is 4. The quantitative estimate of drug-likeness (QED) is 0.156. The van der Waals surface area contributed by atoms with Crippen LogP contribution in [0.2, 0.25) is 0 Å². The maximum atomic E-state index is 14.8. The van der Waals surface area contributed by atoms with Crippen LogP contribution in [0.4, 0.5) is 14.7 Å². The maximum absolute atomic E-state index is 14.8. The fourth-order valence-electron chi connectivity index (χ4n) is 9.00. The fraction of sp³-hybridized carbons (Fsp3) is 0.548. The molecule has 2 aromatic carbocycles. The molecule has 5 aliphatic rings. The van der Waals surface area contributed by atoms with Crippen molar-refractivity contribution in [3.8, 4) is 5.75 Å². The highest BCUT2D eigenvalue weighted by molar-refractivity contribution is 7.91. The molecule has 0 radical (unpaired) electrons. The first-order chi connectivity index (χ1) is 28.8. The lowest BCUT2D eigenvalue weighted by Crippen LogP contribution is -2.65. The summed E-state index contributed by atoms with van der Waals surface area (Å²) in [6, 6.07) is 12.2. The zero-order valence-corrected chi connectivity index (χ0v) is 37.2. The number of urea groups is 1. The van der Waals surface area contributed by atoms with E-state index in [1.165, 1.54) is 17.4 Å². The Kier molecular flexibility index (Phi) is 12.5. The van der Waals surface area contributed by atoms with Crippen molar-refractivity contribution in [3.05, 3.63) is 76.3 Å². The van der Waals surface area contributed by atoms with Gasteiger partial charge in [-0.1, -0.05) is 56.3 Å². The third-order valence-electron chi connectivity index (χ3n) is 12.4. The lowest BCUT2D eigenvalue weighted by molar-refractivity contribution is -0.199. The van der Waals surface area contributed by atoms with Crippen LogP contribution in [-0.4, -0.2) is 104 Å². The van der Waals surface area contributed by atoms with Crippen LogP contribution in [-0.2, 0) is 46.4 Å². The molecule has 5 fully saturated rings. The van der Waals surface area contributed by atoms with E-state index in [4.69, 9.17) is 23.5 Å². The number of hydrogen-bond acceptors (Lipinski definition) is 13. The Balaban J connectivity index is 1.18. The van der Waals surface area contributed by atoms with Crippen LogP contribution in [0.25, 0.3) is 0 Å². The zero-order chi connectivity index (χ0) is 43.9. The first kappa shape index (κ1) is 44.3. The van der Waals surface area contributed by atoms with E-state index in [9.17, 15) is 27.6 Å². The molecule has 4 amide bonds. The van der Waals surface area contributed by atoms with E-state index in [2.05, 4.69) is 41.7 Å². The fourth-order valence-corrected chi connectivity index (χ4v) is 10.9. The van der Waals surface area contributed by atoms with E-state index in [0.29, 0.717) is 11.5 Å². The molecule has 61 heavy (non-hydrogen) atoms. The van der Waals surface area contributed by atoms with Crippen LogP contribution < -0.4 is 20.7 Å². The molecule has 328 valence electrons. The minimum Gasteiger partial charge on any atom is -0.496 e. The van der Waals surface area contributed by atoms with Gasteiger partial charge in [0.05, 0.1) is 42.0 Å². The Morgan fingerprint density at radius 1 is 1.02 bits per heavy atom. The second kappa shape index (κ2) is 17.2. The molecule has 6 atom stereocenters. The second-order valence-electron chi connectivity index (χ2n) is 17.9. The Morgan fingerprint density at radius 2 is 1.74 bits per heavy atom. The van der Waals surface area contributed by atoms with Gasteiger partial charge in [0.15, 0.2) is 21.0 Å². The molecule has 3 heterocycles. The van der Waals surface area contributed by atoms with Gasteiger partial charge in [-0.3, -0.25) is 10.1 Å². The van der Waals surface area contributed by atoms with Crippen molar-refractivity contribution in [3.63, 3.8) is 0 Å². The molecule has 2 bridgehead atoms. The number of nitrogens with zero attached hydrogens (tertiary/aromatic N) is 2. The highest BCUT2D eigenvalue weighted by Crippen LogP contribution is 2.65. The predicted molar refractivity (Wildman–Crippen MR) is 228 cm³/mol. The number of ether oxygens (including phenoxy) is 3. The summed E-state index contributed by atoms with van der Waals surface area (Å²) in [5, 5.41) is 10.1. The molecule has 8 rings (SSSR count). The van der Waals surface area contributed by atoms with Crippen molar-refractivity contribution in [2.75, 3.05) is 37.0 Å². The maximum Gasteiger partial charge on any atom is 0.482 e. The smallest absolute Gasteiger partial charge is 0.482 e. The van der Waals surface area contributed by atoms with Crippen LogP contribution in [0.5, 0.6) is 5.75 Å². The van der Waals surface area contributed by atoms with Gasteiger partial charge in [-0.25, -0.2) is 27.8 Å². The summed E-state index contributed by atoms with van der Waals surface area (Å²) in [6.45, 7) is 11.8. The van der Waals surface area contributed by atoms with Gasteiger partial charge in [0.1, 0.15) is 23.5 Å².